The third-order valence-corrected chi connectivity index (χ3v) is 6.16. The zero-order valence-electron chi connectivity index (χ0n) is 12.8. The van der Waals surface area contributed by atoms with E-state index in [0.717, 1.165) is 0 Å². The molecule has 0 atom stereocenters. The molecule has 0 N–H and O–H groups in total. The van der Waals surface area contributed by atoms with Crippen molar-refractivity contribution in [2.45, 2.75) is 90.3 Å². The second-order valence-corrected chi connectivity index (χ2v) is 10.5. The van der Waals surface area contributed by atoms with E-state index < -0.39 is 8.32 Å². The molecule has 1 nitrogen and oxygen atoms in total. The average Bonchev–Trinajstić information content (AvgIpc) is 2.34. The molecule has 0 spiro atoms. The van der Waals surface area contributed by atoms with E-state index in [4.69, 9.17) is 4.43 Å². The Labute approximate surface area is 115 Å². The van der Waals surface area contributed by atoms with Gasteiger partial charge in [0.2, 0.25) is 8.32 Å². The second-order valence-electron chi connectivity index (χ2n) is 6.30. The van der Waals surface area contributed by atoms with Gasteiger partial charge in [-0.3, -0.25) is 0 Å². The first kappa shape index (κ1) is 15.8. The van der Waals surface area contributed by atoms with Crippen LogP contribution >= 0.6 is 0 Å². The summed E-state index contributed by atoms with van der Waals surface area (Å²) in [5, 5.41) is 0. The molecule has 0 bridgehead atoms. The largest absolute Gasteiger partial charge is 0.547 e. The van der Waals surface area contributed by atoms with E-state index in [2.05, 4.69) is 26.1 Å². The lowest BCUT2D eigenvalue weighted by atomic mass is 10.0. The Kier molecular flexibility index (Phi) is 7.72. The van der Waals surface area contributed by atoms with Crippen molar-refractivity contribution in [3.63, 3.8) is 0 Å². The number of hydrogen-bond acceptors (Lipinski definition) is 1. The van der Waals surface area contributed by atoms with Crippen LogP contribution in [0.1, 0.15) is 71.1 Å². The number of unbranched alkanes of at least 4 members (excludes halogenated alkanes) is 1. The molecule has 1 rings (SSSR count). The summed E-state index contributed by atoms with van der Waals surface area (Å²) < 4.78 is 6.41. The van der Waals surface area contributed by atoms with E-state index in [-0.39, 0.29) is 0 Å². The molecule has 0 aromatic heterocycles. The highest BCUT2D eigenvalue weighted by atomic mass is 28.4. The topological polar surface area (TPSA) is 9.23 Å². The molecule has 0 aromatic carbocycles. The van der Waals surface area contributed by atoms with Crippen LogP contribution in [0, 0.1) is 0 Å². The van der Waals surface area contributed by atoms with E-state index in [1.807, 2.05) is 0 Å². The summed E-state index contributed by atoms with van der Waals surface area (Å²) >= 11 is 0. The van der Waals surface area contributed by atoms with Crippen molar-refractivity contribution in [3.8, 4) is 0 Å². The van der Waals surface area contributed by atoms with E-state index >= 15 is 0 Å². The Bertz CT molecular complexity index is 245. The molecular weight excluding hydrogens is 236 g/mol. The van der Waals surface area contributed by atoms with Crippen molar-refractivity contribution in [1.82, 2.24) is 0 Å². The maximum Gasteiger partial charge on any atom is 0.244 e. The van der Waals surface area contributed by atoms with Gasteiger partial charge in [0.05, 0.1) is 5.76 Å². The summed E-state index contributed by atoms with van der Waals surface area (Å²) in [5.74, 6) is 1.32. The van der Waals surface area contributed by atoms with Crippen molar-refractivity contribution in [3.05, 3.63) is 11.8 Å². The van der Waals surface area contributed by atoms with Gasteiger partial charge >= 0.3 is 0 Å². The van der Waals surface area contributed by atoms with Gasteiger partial charge in [0.15, 0.2) is 0 Å². The van der Waals surface area contributed by atoms with Crippen LogP contribution in [0.2, 0.25) is 19.1 Å². The van der Waals surface area contributed by atoms with Crippen LogP contribution in [0.5, 0.6) is 0 Å². The summed E-state index contributed by atoms with van der Waals surface area (Å²) in [6.45, 7) is 7.03. The van der Waals surface area contributed by atoms with Crippen LogP contribution in [0.25, 0.3) is 0 Å². The number of hydrogen-bond donors (Lipinski definition) is 0. The maximum absolute atomic E-state index is 6.41. The third-order valence-electron chi connectivity index (χ3n) is 3.79. The summed E-state index contributed by atoms with van der Waals surface area (Å²) in [6, 6.07) is 1.31. The molecule has 106 valence electrons. The highest BCUT2D eigenvalue weighted by molar-refractivity contribution is 6.71. The molecule has 0 unspecified atom stereocenters. The van der Waals surface area contributed by atoms with E-state index in [1.165, 1.54) is 76.0 Å². The molecule has 18 heavy (non-hydrogen) atoms. The minimum atomic E-state index is -1.45. The minimum absolute atomic E-state index is 1.18. The lowest BCUT2D eigenvalue weighted by Crippen LogP contribution is -2.29. The molecule has 0 fully saturated rings. The van der Waals surface area contributed by atoms with Gasteiger partial charge in [0, 0.05) is 6.42 Å². The molecular formula is C16H32OSi. The highest BCUT2D eigenvalue weighted by Gasteiger charge is 2.24. The van der Waals surface area contributed by atoms with Crippen LogP contribution in [-0.4, -0.2) is 8.32 Å². The van der Waals surface area contributed by atoms with Crippen LogP contribution in [-0.2, 0) is 4.43 Å². The molecule has 0 saturated heterocycles. The summed E-state index contributed by atoms with van der Waals surface area (Å²) in [4.78, 5) is 0. The first-order valence-corrected chi connectivity index (χ1v) is 11.1. The molecule has 2 heteroatoms. The van der Waals surface area contributed by atoms with E-state index in [1.54, 1.807) is 0 Å². The van der Waals surface area contributed by atoms with Gasteiger partial charge in [-0.15, -0.1) is 0 Å². The standard InChI is InChI=1S/C16H32OSi/c1-4-5-15-18(2,3)17-16-13-11-9-7-6-8-10-12-14-16/h13H,4-12,14-15H2,1-3H3/b16-13+. The van der Waals surface area contributed by atoms with Gasteiger partial charge in [0.1, 0.15) is 0 Å². The fourth-order valence-electron chi connectivity index (χ4n) is 2.62. The Morgan fingerprint density at radius 3 is 2.44 bits per heavy atom. The van der Waals surface area contributed by atoms with Crippen molar-refractivity contribution in [1.29, 1.82) is 0 Å². The molecule has 0 radical (unpaired) electrons. The quantitative estimate of drug-likeness (QED) is 0.553. The number of allylic oxidation sites excluding steroid dienone is 2. The summed E-state index contributed by atoms with van der Waals surface area (Å²) in [7, 11) is -1.45. The molecule has 0 heterocycles. The molecule has 1 aliphatic carbocycles. The first-order chi connectivity index (χ1) is 8.64. The Balaban J connectivity index is 2.46. The van der Waals surface area contributed by atoms with E-state index in [0.29, 0.717) is 0 Å². The summed E-state index contributed by atoms with van der Waals surface area (Å²) in [6.07, 6.45) is 15.7. The average molecular weight is 269 g/mol. The minimum Gasteiger partial charge on any atom is -0.547 e. The maximum atomic E-state index is 6.41. The zero-order valence-corrected chi connectivity index (χ0v) is 13.8. The Morgan fingerprint density at radius 2 is 1.72 bits per heavy atom. The molecule has 0 saturated carbocycles. The van der Waals surface area contributed by atoms with Crippen molar-refractivity contribution in [2.24, 2.45) is 0 Å². The van der Waals surface area contributed by atoms with Crippen LogP contribution < -0.4 is 0 Å². The Morgan fingerprint density at radius 1 is 1.06 bits per heavy atom. The van der Waals surface area contributed by atoms with Crippen molar-refractivity contribution < 1.29 is 4.43 Å². The normalized spacial score (nSPS) is 22.1. The lowest BCUT2D eigenvalue weighted by molar-refractivity contribution is 0.378. The lowest BCUT2D eigenvalue weighted by Gasteiger charge is -2.26. The van der Waals surface area contributed by atoms with Gasteiger partial charge in [0.25, 0.3) is 0 Å². The van der Waals surface area contributed by atoms with E-state index in [9.17, 15) is 0 Å². The zero-order chi connectivity index (χ0) is 13.3. The predicted octanol–water partition coefficient (Wildman–Crippen LogP) is 6.03. The van der Waals surface area contributed by atoms with Gasteiger partial charge in [-0.05, 0) is 44.5 Å². The Hall–Kier alpha value is -0.243. The number of rotatable bonds is 5. The van der Waals surface area contributed by atoms with Crippen molar-refractivity contribution in [2.75, 3.05) is 0 Å². The summed E-state index contributed by atoms with van der Waals surface area (Å²) in [5.41, 5.74) is 0. The fourth-order valence-corrected chi connectivity index (χ4v) is 4.82. The fraction of sp³-hybridized carbons (Fsp3) is 0.875. The molecule has 0 aromatic rings. The van der Waals surface area contributed by atoms with Crippen LogP contribution in [0.3, 0.4) is 0 Å². The second kappa shape index (κ2) is 8.79. The smallest absolute Gasteiger partial charge is 0.244 e. The SMILES string of the molecule is CCCC[Si](C)(C)O/C1=C/CCCCCCCC1. The van der Waals surface area contributed by atoms with Gasteiger partial charge in [-0.2, -0.15) is 0 Å². The van der Waals surface area contributed by atoms with Gasteiger partial charge in [-0.1, -0.05) is 45.4 Å². The third kappa shape index (κ3) is 7.25. The van der Waals surface area contributed by atoms with Crippen molar-refractivity contribution >= 4 is 8.32 Å². The first-order valence-electron chi connectivity index (χ1n) is 8.02. The molecule has 0 amide bonds. The van der Waals surface area contributed by atoms with Gasteiger partial charge < -0.3 is 4.43 Å². The van der Waals surface area contributed by atoms with Gasteiger partial charge in [-0.25, -0.2) is 0 Å². The predicted molar refractivity (Wildman–Crippen MR) is 83.3 cm³/mol. The molecule has 1 aliphatic rings. The monoisotopic (exact) mass is 268 g/mol. The van der Waals surface area contributed by atoms with Crippen LogP contribution in [0.15, 0.2) is 11.8 Å². The van der Waals surface area contributed by atoms with Crippen LogP contribution in [0.4, 0.5) is 0 Å². The highest BCUT2D eigenvalue weighted by Crippen LogP contribution is 2.24. The molecule has 0 aliphatic heterocycles.